The van der Waals surface area contributed by atoms with Gasteiger partial charge in [-0.05, 0) is 44.7 Å². The van der Waals surface area contributed by atoms with E-state index in [-0.39, 0.29) is 23.5 Å². The standard InChI is InChI=1S/C15H20FNO3/c1-9-6-11(7-10(2)20-9)8-19-13-5-3-4-12(16)14(13)15(17)18/h3-5,9-11H,6-8H2,1-2H3,(H2,17,18)/t9-,10+,11?. The highest BCUT2D eigenvalue weighted by molar-refractivity contribution is 5.95. The van der Waals surface area contributed by atoms with Crippen LogP contribution in [-0.4, -0.2) is 24.7 Å². The number of amides is 1. The van der Waals surface area contributed by atoms with Gasteiger partial charge in [0.2, 0.25) is 0 Å². The van der Waals surface area contributed by atoms with Gasteiger partial charge < -0.3 is 15.2 Å². The second-order valence-corrected chi connectivity index (χ2v) is 5.38. The first-order chi connectivity index (χ1) is 9.47. The van der Waals surface area contributed by atoms with Crippen LogP contribution in [0.25, 0.3) is 0 Å². The lowest BCUT2D eigenvalue weighted by molar-refractivity contribution is -0.0593. The molecule has 0 aliphatic carbocycles. The molecular formula is C15H20FNO3. The summed E-state index contributed by atoms with van der Waals surface area (Å²) in [6.45, 7) is 4.49. The lowest BCUT2D eigenvalue weighted by Crippen LogP contribution is -2.32. The summed E-state index contributed by atoms with van der Waals surface area (Å²) in [5, 5.41) is 0. The van der Waals surface area contributed by atoms with Crippen molar-refractivity contribution in [3.63, 3.8) is 0 Å². The third-order valence-electron chi connectivity index (χ3n) is 3.49. The predicted molar refractivity (Wildman–Crippen MR) is 73.1 cm³/mol. The van der Waals surface area contributed by atoms with Crippen LogP contribution in [-0.2, 0) is 4.74 Å². The summed E-state index contributed by atoms with van der Waals surface area (Å²) in [5.41, 5.74) is 5.01. The molecule has 4 nitrogen and oxygen atoms in total. The third-order valence-corrected chi connectivity index (χ3v) is 3.49. The van der Waals surface area contributed by atoms with Crippen molar-refractivity contribution in [3.05, 3.63) is 29.6 Å². The largest absolute Gasteiger partial charge is 0.492 e. The molecule has 1 amide bonds. The van der Waals surface area contributed by atoms with Crippen LogP contribution in [0.1, 0.15) is 37.0 Å². The molecule has 1 aliphatic rings. The molecular weight excluding hydrogens is 261 g/mol. The fourth-order valence-electron chi connectivity index (χ4n) is 2.75. The molecule has 1 heterocycles. The number of carbonyl (C=O) groups is 1. The van der Waals surface area contributed by atoms with Gasteiger partial charge in [0.15, 0.2) is 0 Å². The van der Waals surface area contributed by atoms with Crippen molar-refractivity contribution in [1.82, 2.24) is 0 Å². The first-order valence-electron chi connectivity index (χ1n) is 6.84. The average Bonchev–Trinajstić information content (AvgIpc) is 2.34. The van der Waals surface area contributed by atoms with E-state index < -0.39 is 11.7 Å². The Labute approximate surface area is 118 Å². The summed E-state index contributed by atoms with van der Waals surface area (Å²) in [6.07, 6.45) is 2.17. The summed E-state index contributed by atoms with van der Waals surface area (Å²) in [4.78, 5) is 11.3. The Bertz CT molecular complexity index is 482. The molecule has 5 heteroatoms. The number of primary amides is 1. The van der Waals surface area contributed by atoms with Gasteiger partial charge in [-0.25, -0.2) is 4.39 Å². The number of hydrogen-bond donors (Lipinski definition) is 1. The van der Waals surface area contributed by atoms with Gasteiger partial charge in [-0.15, -0.1) is 0 Å². The lowest BCUT2D eigenvalue weighted by atomic mass is 9.93. The zero-order valence-electron chi connectivity index (χ0n) is 11.8. The van der Waals surface area contributed by atoms with Gasteiger partial charge in [-0.2, -0.15) is 0 Å². The van der Waals surface area contributed by atoms with Crippen molar-refractivity contribution in [3.8, 4) is 5.75 Å². The van der Waals surface area contributed by atoms with Gasteiger partial charge in [0.1, 0.15) is 17.1 Å². The SMILES string of the molecule is C[C@@H]1CC(COc2cccc(F)c2C(N)=O)C[C@H](C)O1. The quantitative estimate of drug-likeness (QED) is 0.922. The highest BCUT2D eigenvalue weighted by Gasteiger charge is 2.25. The molecule has 1 aromatic carbocycles. The van der Waals surface area contributed by atoms with Crippen LogP contribution in [0.5, 0.6) is 5.75 Å². The fraction of sp³-hybridized carbons (Fsp3) is 0.533. The Morgan fingerprint density at radius 3 is 2.65 bits per heavy atom. The van der Waals surface area contributed by atoms with E-state index in [4.69, 9.17) is 15.2 Å². The minimum absolute atomic E-state index is 0.180. The molecule has 1 aromatic rings. The molecule has 1 unspecified atom stereocenters. The first kappa shape index (κ1) is 14.8. The van der Waals surface area contributed by atoms with Gasteiger partial charge in [0, 0.05) is 0 Å². The lowest BCUT2D eigenvalue weighted by Gasteiger charge is -2.32. The van der Waals surface area contributed by atoms with Crippen molar-refractivity contribution in [2.45, 2.75) is 38.9 Å². The Hall–Kier alpha value is -1.62. The summed E-state index contributed by atoms with van der Waals surface area (Å²) in [5.74, 6) is -0.919. The highest BCUT2D eigenvalue weighted by Crippen LogP contribution is 2.27. The number of hydrogen-bond acceptors (Lipinski definition) is 3. The number of nitrogens with two attached hydrogens (primary N) is 1. The van der Waals surface area contributed by atoms with E-state index >= 15 is 0 Å². The summed E-state index contributed by atoms with van der Waals surface area (Å²) in [7, 11) is 0. The molecule has 3 atom stereocenters. The maximum absolute atomic E-state index is 13.6. The normalized spacial score (nSPS) is 26.2. The van der Waals surface area contributed by atoms with Crippen LogP contribution in [0, 0.1) is 11.7 Å². The Morgan fingerprint density at radius 1 is 1.40 bits per heavy atom. The molecule has 1 fully saturated rings. The number of halogens is 1. The zero-order chi connectivity index (χ0) is 14.7. The molecule has 0 aromatic heterocycles. The van der Waals surface area contributed by atoms with E-state index in [9.17, 15) is 9.18 Å². The molecule has 1 saturated heterocycles. The second-order valence-electron chi connectivity index (χ2n) is 5.38. The van der Waals surface area contributed by atoms with Crippen LogP contribution in [0.15, 0.2) is 18.2 Å². The van der Waals surface area contributed by atoms with Crippen LogP contribution < -0.4 is 10.5 Å². The molecule has 1 aliphatic heterocycles. The van der Waals surface area contributed by atoms with Crippen LogP contribution in [0.4, 0.5) is 4.39 Å². The van der Waals surface area contributed by atoms with Crippen LogP contribution in [0.3, 0.4) is 0 Å². The van der Waals surface area contributed by atoms with E-state index in [0.717, 1.165) is 12.8 Å². The number of benzene rings is 1. The first-order valence-corrected chi connectivity index (χ1v) is 6.84. The number of ether oxygens (including phenoxy) is 2. The van der Waals surface area contributed by atoms with Crippen molar-refractivity contribution >= 4 is 5.91 Å². The maximum Gasteiger partial charge on any atom is 0.255 e. The molecule has 0 bridgehead atoms. The molecule has 2 rings (SSSR count). The van der Waals surface area contributed by atoms with Crippen molar-refractivity contribution in [2.75, 3.05) is 6.61 Å². The van der Waals surface area contributed by atoms with E-state index in [1.165, 1.54) is 12.1 Å². The van der Waals surface area contributed by atoms with E-state index in [2.05, 4.69) is 0 Å². The van der Waals surface area contributed by atoms with Gasteiger partial charge in [-0.1, -0.05) is 6.07 Å². The van der Waals surface area contributed by atoms with Gasteiger partial charge in [0.25, 0.3) is 5.91 Å². The topological polar surface area (TPSA) is 61.5 Å². The monoisotopic (exact) mass is 281 g/mol. The summed E-state index contributed by atoms with van der Waals surface area (Å²) >= 11 is 0. The highest BCUT2D eigenvalue weighted by atomic mass is 19.1. The molecule has 0 spiro atoms. The van der Waals surface area contributed by atoms with Gasteiger partial charge in [0.05, 0.1) is 18.8 Å². The van der Waals surface area contributed by atoms with Crippen molar-refractivity contribution in [2.24, 2.45) is 11.7 Å². The second kappa shape index (κ2) is 6.22. The Kier molecular flexibility index (Phi) is 4.60. The minimum atomic E-state index is -0.813. The third kappa shape index (κ3) is 3.48. The zero-order valence-corrected chi connectivity index (χ0v) is 11.8. The molecule has 0 radical (unpaired) electrons. The smallest absolute Gasteiger partial charge is 0.255 e. The van der Waals surface area contributed by atoms with Gasteiger partial charge >= 0.3 is 0 Å². The van der Waals surface area contributed by atoms with Crippen molar-refractivity contribution < 1.29 is 18.7 Å². The minimum Gasteiger partial charge on any atom is -0.492 e. The van der Waals surface area contributed by atoms with E-state index in [0.29, 0.717) is 12.5 Å². The maximum atomic E-state index is 13.6. The van der Waals surface area contributed by atoms with Crippen LogP contribution >= 0.6 is 0 Å². The van der Waals surface area contributed by atoms with Gasteiger partial charge in [-0.3, -0.25) is 4.79 Å². The Balaban J connectivity index is 2.04. The van der Waals surface area contributed by atoms with E-state index in [1.54, 1.807) is 6.07 Å². The van der Waals surface area contributed by atoms with Crippen molar-refractivity contribution in [1.29, 1.82) is 0 Å². The molecule has 2 N–H and O–H groups in total. The Morgan fingerprint density at radius 2 is 2.05 bits per heavy atom. The molecule has 0 saturated carbocycles. The molecule has 20 heavy (non-hydrogen) atoms. The number of rotatable bonds is 4. The predicted octanol–water partition coefficient (Wildman–Crippen LogP) is 2.51. The van der Waals surface area contributed by atoms with Crippen LogP contribution in [0.2, 0.25) is 0 Å². The number of carbonyl (C=O) groups excluding carboxylic acids is 1. The summed E-state index contributed by atoms with van der Waals surface area (Å²) in [6, 6.07) is 4.27. The van der Waals surface area contributed by atoms with E-state index in [1.807, 2.05) is 13.8 Å². The summed E-state index contributed by atoms with van der Waals surface area (Å²) < 4.78 is 24.9. The average molecular weight is 281 g/mol. The fourth-order valence-corrected chi connectivity index (χ4v) is 2.75. The molecule has 110 valence electrons.